The summed E-state index contributed by atoms with van der Waals surface area (Å²) >= 11 is 5.91. The van der Waals surface area contributed by atoms with Crippen LogP contribution in [0.4, 0.5) is 14.5 Å². The zero-order chi connectivity index (χ0) is 20.8. The van der Waals surface area contributed by atoms with Gasteiger partial charge in [0.15, 0.2) is 0 Å². The maximum Gasteiger partial charge on any atom is 0.242 e. The Morgan fingerprint density at radius 3 is 2.21 bits per heavy atom. The van der Waals surface area contributed by atoms with Crippen LogP contribution in [0.3, 0.4) is 0 Å². The van der Waals surface area contributed by atoms with Gasteiger partial charge >= 0.3 is 0 Å². The molecule has 1 aliphatic heterocycles. The first-order valence-electron chi connectivity index (χ1n) is 9.42. The molecule has 1 fully saturated rings. The summed E-state index contributed by atoms with van der Waals surface area (Å²) < 4.78 is 27.2. The Balaban J connectivity index is 1.40. The first kappa shape index (κ1) is 21.0. The van der Waals surface area contributed by atoms with Gasteiger partial charge in [-0.1, -0.05) is 17.7 Å². The van der Waals surface area contributed by atoms with Gasteiger partial charge in [0.1, 0.15) is 11.6 Å². The number of hydrogen-bond acceptors (Lipinski definition) is 3. The molecule has 8 heteroatoms. The third-order valence-corrected chi connectivity index (χ3v) is 5.18. The minimum atomic E-state index is -0.674. The monoisotopic (exact) mass is 421 g/mol. The van der Waals surface area contributed by atoms with Crippen molar-refractivity contribution in [2.45, 2.75) is 12.8 Å². The summed E-state index contributed by atoms with van der Waals surface area (Å²) in [5, 5.41) is 3.21. The van der Waals surface area contributed by atoms with E-state index in [1.807, 2.05) is 24.3 Å². The maximum absolute atomic E-state index is 13.6. The smallest absolute Gasteiger partial charge is 0.242 e. The first-order chi connectivity index (χ1) is 13.9. The lowest BCUT2D eigenvalue weighted by molar-refractivity contribution is -0.133. The zero-order valence-electron chi connectivity index (χ0n) is 15.8. The molecule has 0 aliphatic carbocycles. The predicted molar refractivity (Wildman–Crippen MR) is 108 cm³/mol. The van der Waals surface area contributed by atoms with Crippen LogP contribution in [0.1, 0.15) is 12.0 Å². The largest absolute Gasteiger partial charge is 0.368 e. The molecule has 1 heterocycles. The molecule has 5 nitrogen and oxygen atoms in total. The summed E-state index contributed by atoms with van der Waals surface area (Å²) in [6.45, 7) is 2.36. The molecule has 1 saturated heterocycles. The number of carbonyl (C=O) groups is 2. The van der Waals surface area contributed by atoms with E-state index in [9.17, 15) is 18.4 Å². The van der Waals surface area contributed by atoms with E-state index in [2.05, 4.69) is 10.2 Å². The molecule has 1 aliphatic rings. The number of hydrogen-bond donors (Lipinski definition) is 1. The zero-order valence-corrected chi connectivity index (χ0v) is 16.6. The summed E-state index contributed by atoms with van der Waals surface area (Å²) in [7, 11) is 0. The lowest BCUT2D eigenvalue weighted by atomic mass is 10.1. The van der Waals surface area contributed by atoms with E-state index < -0.39 is 17.5 Å². The molecule has 2 amide bonds. The topological polar surface area (TPSA) is 52.7 Å². The van der Waals surface area contributed by atoms with Crippen molar-refractivity contribution in [2.24, 2.45) is 0 Å². The Labute approximate surface area is 173 Å². The summed E-state index contributed by atoms with van der Waals surface area (Å²) in [6.07, 6.45) is -0.145. The van der Waals surface area contributed by atoms with Gasteiger partial charge in [-0.25, -0.2) is 8.78 Å². The molecule has 0 atom stereocenters. The van der Waals surface area contributed by atoms with Gasteiger partial charge in [-0.05, 0) is 42.8 Å². The highest BCUT2D eigenvalue weighted by Crippen LogP contribution is 2.19. The van der Waals surface area contributed by atoms with E-state index in [1.165, 1.54) is 6.07 Å². The van der Waals surface area contributed by atoms with Crippen LogP contribution in [0.2, 0.25) is 5.02 Å². The molecule has 0 saturated carbocycles. The first-order valence-corrected chi connectivity index (χ1v) is 9.79. The maximum atomic E-state index is 13.6. The van der Waals surface area contributed by atoms with Gasteiger partial charge in [0.2, 0.25) is 11.8 Å². The Morgan fingerprint density at radius 2 is 1.59 bits per heavy atom. The predicted octanol–water partition coefficient (Wildman–Crippen LogP) is 3.02. The van der Waals surface area contributed by atoms with Crippen molar-refractivity contribution in [2.75, 3.05) is 37.6 Å². The van der Waals surface area contributed by atoms with Crippen LogP contribution in [0.15, 0.2) is 42.5 Å². The second-order valence-corrected chi connectivity index (χ2v) is 7.26. The fourth-order valence-electron chi connectivity index (χ4n) is 3.25. The van der Waals surface area contributed by atoms with Crippen LogP contribution in [0.5, 0.6) is 0 Å². The Hall–Kier alpha value is -2.67. The molecule has 0 unspecified atom stereocenters. The minimum Gasteiger partial charge on any atom is -0.368 e. The van der Waals surface area contributed by atoms with Crippen molar-refractivity contribution in [3.8, 4) is 0 Å². The Kier molecular flexibility index (Phi) is 7.04. The number of piperazine rings is 1. The molecule has 2 aromatic carbocycles. The number of benzene rings is 2. The third kappa shape index (κ3) is 5.67. The van der Waals surface area contributed by atoms with E-state index >= 15 is 0 Å². The summed E-state index contributed by atoms with van der Waals surface area (Å²) in [6, 6.07) is 11.1. The van der Waals surface area contributed by atoms with Crippen molar-refractivity contribution in [3.05, 3.63) is 64.7 Å². The van der Waals surface area contributed by atoms with Crippen molar-refractivity contribution < 1.29 is 18.4 Å². The molecule has 3 rings (SSSR count). The summed E-state index contributed by atoms with van der Waals surface area (Å²) in [5.41, 5.74) is 0.933. The normalized spacial score (nSPS) is 14.0. The van der Waals surface area contributed by atoms with Gasteiger partial charge in [-0.15, -0.1) is 0 Å². The van der Waals surface area contributed by atoms with Crippen molar-refractivity contribution in [1.82, 2.24) is 10.2 Å². The van der Waals surface area contributed by atoms with Crippen molar-refractivity contribution >= 4 is 29.1 Å². The number of amides is 2. The van der Waals surface area contributed by atoms with Gasteiger partial charge in [-0.3, -0.25) is 9.59 Å². The van der Waals surface area contributed by atoms with Gasteiger partial charge in [-0.2, -0.15) is 0 Å². The molecule has 154 valence electrons. The lowest BCUT2D eigenvalue weighted by Gasteiger charge is -2.36. The van der Waals surface area contributed by atoms with E-state index in [0.29, 0.717) is 31.2 Å². The average Bonchev–Trinajstić information content (AvgIpc) is 2.72. The van der Waals surface area contributed by atoms with E-state index in [0.717, 1.165) is 17.8 Å². The van der Waals surface area contributed by atoms with Crippen LogP contribution >= 0.6 is 11.6 Å². The fraction of sp³-hybridized carbons (Fsp3) is 0.333. The lowest BCUT2D eigenvalue weighted by Crippen LogP contribution is -2.51. The van der Waals surface area contributed by atoms with Crippen LogP contribution in [0, 0.1) is 11.6 Å². The molecule has 0 spiro atoms. The Morgan fingerprint density at radius 1 is 0.966 bits per heavy atom. The summed E-state index contributed by atoms with van der Waals surface area (Å²) in [4.78, 5) is 28.1. The van der Waals surface area contributed by atoms with E-state index in [1.54, 1.807) is 4.90 Å². The molecular weight excluding hydrogens is 400 g/mol. The number of nitrogens with one attached hydrogen (secondary N) is 1. The van der Waals surface area contributed by atoms with Gasteiger partial charge in [0.05, 0.1) is 6.54 Å². The van der Waals surface area contributed by atoms with Crippen molar-refractivity contribution in [1.29, 1.82) is 0 Å². The molecule has 1 N–H and O–H groups in total. The molecule has 0 bridgehead atoms. The van der Waals surface area contributed by atoms with Gasteiger partial charge in [0, 0.05) is 48.9 Å². The molecular formula is C21H22ClF2N3O2. The quantitative estimate of drug-likeness (QED) is 0.780. The van der Waals surface area contributed by atoms with Gasteiger partial charge < -0.3 is 15.1 Å². The number of rotatable bonds is 6. The van der Waals surface area contributed by atoms with Crippen LogP contribution < -0.4 is 10.2 Å². The summed E-state index contributed by atoms with van der Waals surface area (Å²) in [5.74, 6) is -1.94. The molecule has 0 radical (unpaired) electrons. The average molecular weight is 422 g/mol. The van der Waals surface area contributed by atoms with Crippen LogP contribution in [-0.2, 0) is 16.0 Å². The van der Waals surface area contributed by atoms with E-state index in [4.69, 9.17) is 11.6 Å². The minimum absolute atomic E-state index is 0.0572. The highest BCUT2D eigenvalue weighted by molar-refractivity contribution is 6.30. The van der Waals surface area contributed by atoms with Crippen LogP contribution in [-0.4, -0.2) is 49.4 Å². The third-order valence-electron chi connectivity index (χ3n) is 4.92. The van der Waals surface area contributed by atoms with Crippen LogP contribution in [0.25, 0.3) is 0 Å². The van der Waals surface area contributed by atoms with E-state index in [-0.39, 0.29) is 30.9 Å². The SMILES string of the molecule is O=C(CCc1c(F)cccc1F)NCC(=O)N1CCN(c2ccc(Cl)cc2)CC1. The second kappa shape index (κ2) is 9.69. The highest BCUT2D eigenvalue weighted by atomic mass is 35.5. The highest BCUT2D eigenvalue weighted by Gasteiger charge is 2.21. The Bertz CT molecular complexity index is 848. The standard InChI is InChI=1S/C21H22ClF2N3O2/c22-15-4-6-16(7-5-15)26-10-12-27(13-11-26)21(29)14-25-20(28)9-8-17-18(23)2-1-3-19(17)24/h1-7H,8-14H2,(H,25,28). The molecule has 0 aromatic heterocycles. The number of nitrogens with zero attached hydrogens (tertiary/aromatic N) is 2. The molecule has 2 aromatic rings. The number of anilines is 1. The van der Waals surface area contributed by atoms with Gasteiger partial charge in [0.25, 0.3) is 0 Å². The number of carbonyl (C=O) groups excluding carboxylic acids is 2. The molecule has 29 heavy (non-hydrogen) atoms. The van der Waals surface area contributed by atoms with Crippen molar-refractivity contribution in [3.63, 3.8) is 0 Å². The fourth-order valence-corrected chi connectivity index (χ4v) is 3.38. The number of halogens is 3. The second-order valence-electron chi connectivity index (χ2n) is 6.82.